The second-order valence-electron chi connectivity index (χ2n) is 5.52. The molecule has 2 atom stereocenters. The highest BCUT2D eigenvalue weighted by molar-refractivity contribution is 5.99. The maximum absolute atomic E-state index is 13.3. The zero-order chi connectivity index (χ0) is 20.7. The van der Waals surface area contributed by atoms with Gasteiger partial charge in [0.2, 0.25) is 0 Å². The first-order valence-corrected chi connectivity index (χ1v) is 7.66. The standard InChI is InChI=1S/C17H19F2NO7/c1-8(12(15(22)25-2)16(23)26-3)13(17(24)27-4)20-14(21)9-5-10(18)7-11(19)6-9/h5-8,12-13H,1-4H3,(H,20,21)/t8-,13+/m0/s1. The van der Waals surface area contributed by atoms with Gasteiger partial charge in [-0.25, -0.2) is 13.6 Å². The monoisotopic (exact) mass is 387 g/mol. The van der Waals surface area contributed by atoms with Crippen molar-refractivity contribution in [3.8, 4) is 0 Å². The molecule has 148 valence electrons. The minimum atomic E-state index is -1.55. The zero-order valence-electron chi connectivity index (χ0n) is 15.1. The normalized spacial score (nSPS) is 12.7. The van der Waals surface area contributed by atoms with Crippen LogP contribution in [0, 0.1) is 23.5 Å². The van der Waals surface area contributed by atoms with Crippen molar-refractivity contribution >= 4 is 23.8 Å². The minimum absolute atomic E-state index is 0.402. The number of amides is 1. The van der Waals surface area contributed by atoms with Crippen LogP contribution in [0.4, 0.5) is 8.78 Å². The van der Waals surface area contributed by atoms with Crippen LogP contribution < -0.4 is 5.32 Å². The molecular formula is C17H19F2NO7. The van der Waals surface area contributed by atoms with Gasteiger partial charge < -0.3 is 19.5 Å². The first-order chi connectivity index (χ1) is 12.7. The van der Waals surface area contributed by atoms with Crippen LogP contribution >= 0.6 is 0 Å². The molecule has 0 bridgehead atoms. The van der Waals surface area contributed by atoms with Gasteiger partial charge >= 0.3 is 17.9 Å². The summed E-state index contributed by atoms with van der Waals surface area (Å²) in [5.74, 6) is -8.67. The summed E-state index contributed by atoms with van der Waals surface area (Å²) in [7, 11) is 3.10. The van der Waals surface area contributed by atoms with Gasteiger partial charge in [0.1, 0.15) is 17.7 Å². The maximum Gasteiger partial charge on any atom is 0.328 e. The van der Waals surface area contributed by atoms with Crippen molar-refractivity contribution in [3.05, 3.63) is 35.4 Å². The lowest BCUT2D eigenvalue weighted by Crippen LogP contribution is -2.51. The minimum Gasteiger partial charge on any atom is -0.468 e. The number of benzene rings is 1. The molecule has 0 aromatic heterocycles. The van der Waals surface area contributed by atoms with Gasteiger partial charge in [-0.1, -0.05) is 6.92 Å². The van der Waals surface area contributed by atoms with E-state index in [4.69, 9.17) is 0 Å². The number of halogens is 2. The summed E-state index contributed by atoms with van der Waals surface area (Å²) in [6.07, 6.45) is 0. The second-order valence-corrected chi connectivity index (χ2v) is 5.52. The molecule has 1 aromatic carbocycles. The van der Waals surface area contributed by atoms with Crippen molar-refractivity contribution in [1.82, 2.24) is 5.32 Å². The molecule has 0 aliphatic heterocycles. The largest absolute Gasteiger partial charge is 0.468 e. The van der Waals surface area contributed by atoms with Crippen molar-refractivity contribution in [1.29, 1.82) is 0 Å². The molecular weight excluding hydrogens is 368 g/mol. The first kappa shape index (κ1) is 22.0. The molecule has 10 heteroatoms. The third-order valence-corrected chi connectivity index (χ3v) is 3.83. The van der Waals surface area contributed by atoms with Crippen LogP contribution in [0.25, 0.3) is 0 Å². The third kappa shape index (κ3) is 5.47. The van der Waals surface area contributed by atoms with Crippen molar-refractivity contribution < 1.29 is 42.2 Å². The van der Waals surface area contributed by atoms with E-state index in [1.54, 1.807) is 0 Å². The quantitative estimate of drug-likeness (QED) is 0.419. The van der Waals surface area contributed by atoms with E-state index in [2.05, 4.69) is 19.5 Å². The molecule has 0 aliphatic carbocycles. The zero-order valence-corrected chi connectivity index (χ0v) is 15.1. The smallest absolute Gasteiger partial charge is 0.328 e. The van der Waals surface area contributed by atoms with Crippen LogP contribution in [0.1, 0.15) is 17.3 Å². The van der Waals surface area contributed by atoms with E-state index in [1.807, 2.05) is 0 Å². The lowest BCUT2D eigenvalue weighted by Gasteiger charge is -2.27. The fourth-order valence-corrected chi connectivity index (χ4v) is 2.41. The fraction of sp³-hybridized carbons (Fsp3) is 0.412. The van der Waals surface area contributed by atoms with Gasteiger partial charge in [-0.2, -0.15) is 0 Å². The predicted octanol–water partition coefficient (Wildman–Crippen LogP) is 0.834. The van der Waals surface area contributed by atoms with E-state index >= 15 is 0 Å². The van der Waals surface area contributed by atoms with Gasteiger partial charge in [0, 0.05) is 17.5 Å². The number of methoxy groups -OCH3 is 3. The van der Waals surface area contributed by atoms with E-state index in [0.717, 1.165) is 33.5 Å². The Morgan fingerprint density at radius 3 is 1.70 bits per heavy atom. The lowest BCUT2D eigenvalue weighted by molar-refractivity contribution is -0.162. The van der Waals surface area contributed by atoms with Gasteiger partial charge in [0.15, 0.2) is 5.92 Å². The van der Waals surface area contributed by atoms with Gasteiger partial charge in [-0.05, 0) is 12.1 Å². The molecule has 0 saturated carbocycles. The predicted molar refractivity (Wildman–Crippen MR) is 86.3 cm³/mol. The molecule has 1 amide bonds. The average Bonchev–Trinajstić information content (AvgIpc) is 2.63. The first-order valence-electron chi connectivity index (χ1n) is 7.66. The summed E-state index contributed by atoms with van der Waals surface area (Å²) < 4.78 is 40.3. The molecule has 27 heavy (non-hydrogen) atoms. The van der Waals surface area contributed by atoms with Gasteiger partial charge in [0.25, 0.3) is 5.91 Å². The Bertz CT molecular complexity index is 702. The maximum atomic E-state index is 13.3. The number of esters is 3. The molecule has 0 saturated heterocycles. The van der Waals surface area contributed by atoms with E-state index in [0.29, 0.717) is 6.07 Å². The number of carbonyl (C=O) groups is 4. The molecule has 0 aliphatic rings. The van der Waals surface area contributed by atoms with Crippen molar-refractivity contribution in [2.75, 3.05) is 21.3 Å². The van der Waals surface area contributed by atoms with Gasteiger partial charge in [-0.3, -0.25) is 14.4 Å². The number of carbonyl (C=O) groups excluding carboxylic acids is 4. The number of nitrogens with one attached hydrogen (secondary N) is 1. The molecule has 1 rings (SSSR count). The molecule has 0 spiro atoms. The molecule has 1 aromatic rings. The van der Waals surface area contributed by atoms with Crippen molar-refractivity contribution in [2.24, 2.45) is 11.8 Å². The summed E-state index contributed by atoms with van der Waals surface area (Å²) >= 11 is 0. The SMILES string of the molecule is COC(=O)C(C(=O)OC)[C@H](C)[C@@H](NC(=O)c1cc(F)cc(F)c1)C(=O)OC. The summed E-state index contributed by atoms with van der Waals surface area (Å²) in [6, 6.07) is 0.587. The Morgan fingerprint density at radius 1 is 0.852 bits per heavy atom. The third-order valence-electron chi connectivity index (χ3n) is 3.83. The van der Waals surface area contributed by atoms with E-state index in [9.17, 15) is 28.0 Å². The van der Waals surface area contributed by atoms with Crippen molar-refractivity contribution in [3.63, 3.8) is 0 Å². The van der Waals surface area contributed by atoms with Crippen LogP contribution in [0.15, 0.2) is 18.2 Å². The highest BCUT2D eigenvalue weighted by atomic mass is 19.1. The van der Waals surface area contributed by atoms with E-state index < -0.39 is 58.9 Å². The molecule has 1 N–H and O–H groups in total. The Kier molecular flexibility index (Phi) is 7.82. The Labute approximate surface area is 153 Å². The topological polar surface area (TPSA) is 108 Å². The fourth-order valence-electron chi connectivity index (χ4n) is 2.41. The average molecular weight is 387 g/mol. The molecule has 0 unspecified atom stereocenters. The number of hydrogen-bond acceptors (Lipinski definition) is 7. The van der Waals surface area contributed by atoms with Crippen LogP contribution in [0.3, 0.4) is 0 Å². The van der Waals surface area contributed by atoms with Crippen LogP contribution in [0.2, 0.25) is 0 Å². The Hall–Kier alpha value is -3.04. The molecule has 0 radical (unpaired) electrons. The molecule has 0 heterocycles. The van der Waals surface area contributed by atoms with Gasteiger partial charge in [0.05, 0.1) is 21.3 Å². The molecule has 8 nitrogen and oxygen atoms in total. The van der Waals surface area contributed by atoms with Gasteiger partial charge in [-0.15, -0.1) is 0 Å². The number of rotatable bonds is 7. The summed E-state index contributed by atoms with van der Waals surface area (Å²) in [5, 5.41) is 2.21. The van der Waals surface area contributed by atoms with Crippen LogP contribution in [0.5, 0.6) is 0 Å². The van der Waals surface area contributed by atoms with E-state index in [-0.39, 0.29) is 0 Å². The number of hydrogen-bond donors (Lipinski definition) is 1. The summed E-state index contributed by atoms with van der Waals surface area (Å²) in [5.41, 5.74) is -0.402. The second kappa shape index (κ2) is 9.60. The lowest BCUT2D eigenvalue weighted by atomic mass is 9.87. The Balaban J connectivity index is 3.20. The molecule has 0 fully saturated rings. The van der Waals surface area contributed by atoms with Crippen molar-refractivity contribution in [2.45, 2.75) is 13.0 Å². The van der Waals surface area contributed by atoms with Crippen LogP contribution in [-0.2, 0) is 28.6 Å². The number of ether oxygens (including phenoxy) is 3. The summed E-state index contributed by atoms with van der Waals surface area (Å²) in [4.78, 5) is 48.2. The van der Waals surface area contributed by atoms with Crippen LogP contribution in [-0.4, -0.2) is 51.2 Å². The highest BCUT2D eigenvalue weighted by Gasteiger charge is 2.42. The highest BCUT2D eigenvalue weighted by Crippen LogP contribution is 2.21. The van der Waals surface area contributed by atoms with E-state index in [1.165, 1.54) is 6.92 Å². The Morgan fingerprint density at radius 2 is 1.30 bits per heavy atom. The summed E-state index contributed by atoms with van der Waals surface area (Å²) in [6.45, 7) is 1.31.